The predicted molar refractivity (Wildman–Crippen MR) is 98.9 cm³/mol. The smallest absolute Gasteiger partial charge is 0.291 e. The minimum atomic E-state index is -0.249. The molecule has 136 valence electrons. The summed E-state index contributed by atoms with van der Waals surface area (Å²) in [6.45, 7) is 3.20. The van der Waals surface area contributed by atoms with Crippen molar-refractivity contribution in [2.75, 3.05) is 13.2 Å². The molecule has 0 aromatic carbocycles. The fourth-order valence-corrected chi connectivity index (χ4v) is 5.24. The molecule has 26 heavy (non-hydrogen) atoms. The van der Waals surface area contributed by atoms with Crippen LogP contribution in [-0.4, -0.2) is 44.7 Å². The van der Waals surface area contributed by atoms with E-state index in [1.165, 1.54) is 23.3 Å². The molecular formula is C18H21N5O2S. The Bertz CT molecular complexity index is 1000. The number of carbonyl (C=O) groups excluding carboxylic acids is 1. The summed E-state index contributed by atoms with van der Waals surface area (Å²) in [6.07, 6.45) is 6.76. The highest BCUT2D eigenvalue weighted by Crippen LogP contribution is 2.37. The van der Waals surface area contributed by atoms with Gasteiger partial charge in [-0.1, -0.05) is 0 Å². The van der Waals surface area contributed by atoms with Crippen molar-refractivity contribution in [2.45, 2.75) is 51.6 Å². The molecule has 2 aliphatic rings. The number of nitrogens with one attached hydrogen (secondary N) is 1. The first kappa shape index (κ1) is 16.1. The Morgan fingerprint density at radius 3 is 3.04 bits per heavy atom. The molecule has 1 atom stereocenters. The van der Waals surface area contributed by atoms with Crippen LogP contribution in [0.15, 0.2) is 0 Å². The van der Waals surface area contributed by atoms with E-state index in [-0.39, 0.29) is 17.8 Å². The van der Waals surface area contributed by atoms with Crippen molar-refractivity contribution < 1.29 is 9.53 Å². The molecule has 8 heteroatoms. The van der Waals surface area contributed by atoms with Crippen LogP contribution < -0.4 is 5.32 Å². The number of fused-ring (bicyclic) bond motifs is 5. The number of thiophene rings is 1. The van der Waals surface area contributed by atoms with Crippen LogP contribution in [0.4, 0.5) is 0 Å². The largest absolute Gasteiger partial charge is 0.376 e. The van der Waals surface area contributed by atoms with Crippen LogP contribution in [0.2, 0.25) is 0 Å². The average Bonchev–Trinajstić information content (AvgIpc) is 3.36. The Morgan fingerprint density at radius 1 is 1.31 bits per heavy atom. The maximum atomic E-state index is 12.5. The third-order valence-electron chi connectivity index (χ3n) is 5.27. The minimum Gasteiger partial charge on any atom is -0.376 e. The first-order valence-electron chi connectivity index (χ1n) is 9.28. The topological polar surface area (TPSA) is 81.4 Å². The number of hydrogen-bond acceptors (Lipinski definition) is 6. The number of aryl methyl sites for hydroxylation is 3. The van der Waals surface area contributed by atoms with E-state index >= 15 is 0 Å². The molecule has 1 saturated heterocycles. The summed E-state index contributed by atoms with van der Waals surface area (Å²) in [6, 6.07) is 0. The van der Waals surface area contributed by atoms with Crippen molar-refractivity contribution in [1.82, 2.24) is 24.9 Å². The Morgan fingerprint density at radius 2 is 2.19 bits per heavy atom. The third kappa shape index (κ3) is 2.59. The molecule has 5 rings (SSSR count). The van der Waals surface area contributed by atoms with Gasteiger partial charge in [-0.2, -0.15) is 4.52 Å². The Labute approximate surface area is 154 Å². The van der Waals surface area contributed by atoms with Crippen molar-refractivity contribution in [1.29, 1.82) is 0 Å². The summed E-state index contributed by atoms with van der Waals surface area (Å²) < 4.78 is 7.27. The zero-order chi connectivity index (χ0) is 17.7. The van der Waals surface area contributed by atoms with Gasteiger partial charge in [-0.25, -0.2) is 9.97 Å². The quantitative estimate of drug-likeness (QED) is 0.765. The van der Waals surface area contributed by atoms with Gasteiger partial charge in [0.25, 0.3) is 5.91 Å². The molecule has 1 N–H and O–H groups in total. The van der Waals surface area contributed by atoms with Gasteiger partial charge in [0.05, 0.1) is 11.5 Å². The second-order valence-corrected chi connectivity index (χ2v) is 8.15. The molecule has 1 aliphatic carbocycles. The molecule has 1 aliphatic heterocycles. The van der Waals surface area contributed by atoms with Crippen molar-refractivity contribution in [2.24, 2.45) is 0 Å². The average molecular weight is 371 g/mol. The molecule has 3 aromatic rings. The molecule has 3 aromatic heterocycles. The van der Waals surface area contributed by atoms with Crippen molar-refractivity contribution in [3.63, 3.8) is 0 Å². The molecule has 1 fully saturated rings. The van der Waals surface area contributed by atoms with E-state index < -0.39 is 0 Å². The van der Waals surface area contributed by atoms with E-state index in [1.54, 1.807) is 15.9 Å². The van der Waals surface area contributed by atoms with Gasteiger partial charge in [0.1, 0.15) is 10.7 Å². The van der Waals surface area contributed by atoms with Crippen LogP contribution in [0.5, 0.6) is 0 Å². The summed E-state index contributed by atoms with van der Waals surface area (Å²) in [4.78, 5) is 24.3. The Hall–Kier alpha value is -2.06. The molecule has 4 heterocycles. The van der Waals surface area contributed by atoms with Crippen molar-refractivity contribution in [3.8, 4) is 0 Å². The third-order valence-corrected chi connectivity index (χ3v) is 6.46. The zero-order valence-corrected chi connectivity index (χ0v) is 15.6. The van der Waals surface area contributed by atoms with Gasteiger partial charge in [0.15, 0.2) is 5.65 Å². The highest BCUT2D eigenvalue weighted by molar-refractivity contribution is 7.19. The fraction of sp³-hybridized carbons (Fsp3) is 0.556. The summed E-state index contributed by atoms with van der Waals surface area (Å²) in [5.74, 6) is 0.716. The van der Waals surface area contributed by atoms with E-state index in [0.717, 1.165) is 54.0 Å². The molecule has 0 radical (unpaired) electrons. The van der Waals surface area contributed by atoms with E-state index in [0.29, 0.717) is 6.54 Å². The molecule has 0 saturated carbocycles. The van der Waals surface area contributed by atoms with Gasteiger partial charge in [0, 0.05) is 18.0 Å². The van der Waals surface area contributed by atoms with Gasteiger partial charge in [0.2, 0.25) is 5.82 Å². The highest BCUT2D eigenvalue weighted by atomic mass is 32.1. The van der Waals surface area contributed by atoms with Crippen LogP contribution in [0, 0.1) is 6.92 Å². The fourth-order valence-electron chi connectivity index (χ4n) is 3.94. The van der Waals surface area contributed by atoms with Crippen LogP contribution in [-0.2, 0) is 17.6 Å². The summed E-state index contributed by atoms with van der Waals surface area (Å²) in [5, 5.41) is 8.42. The maximum Gasteiger partial charge on any atom is 0.291 e. The standard InChI is InChI=1S/C18H21N5O2S/c1-10-20-18-14(12-6-2-3-7-13(12)26-18)16-21-15(22-23(10)16)17(24)19-9-11-5-4-8-25-11/h11H,2-9H2,1H3,(H,19,24)/t11-/m0/s1. The molecule has 0 spiro atoms. The van der Waals surface area contributed by atoms with Gasteiger partial charge in [-0.05, 0) is 51.0 Å². The van der Waals surface area contributed by atoms with E-state index in [2.05, 4.69) is 15.4 Å². The summed E-state index contributed by atoms with van der Waals surface area (Å²) in [5.41, 5.74) is 2.11. The zero-order valence-electron chi connectivity index (χ0n) is 14.7. The number of rotatable bonds is 3. The van der Waals surface area contributed by atoms with E-state index in [1.807, 2.05) is 6.92 Å². The maximum absolute atomic E-state index is 12.5. The number of ether oxygens (including phenoxy) is 1. The summed E-state index contributed by atoms with van der Waals surface area (Å²) >= 11 is 1.76. The first-order valence-corrected chi connectivity index (χ1v) is 10.1. The van der Waals surface area contributed by atoms with E-state index in [4.69, 9.17) is 9.72 Å². The monoisotopic (exact) mass is 371 g/mol. The van der Waals surface area contributed by atoms with Gasteiger partial charge in [-0.3, -0.25) is 4.79 Å². The Balaban J connectivity index is 1.53. The number of carbonyl (C=O) groups is 1. The SMILES string of the molecule is Cc1nc2sc3c(c2c2nc(C(=O)NC[C@@H]4CCCO4)nn12)CCCC3. The first-order chi connectivity index (χ1) is 12.7. The van der Waals surface area contributed by atoms with Gasteiger partial charge in [-0.15, -0.1) is 16.4 Å². The predicted octanol–water partition coefficient (Wildman–Crippen LogP) is 2.44. The normalized spacial score (nSPS) is 20.0. The van der Waals surface area contributed by atoms with Crippen LogP contribution in [0.3, 0.4) is 0 Å². The second-order valence-electron chi connectivity index (χ2n) is 7.07. The molecule has 7 nitrogen and oxygen atoms in total. The lowest BCUT2D eigenvalue weighted by molar-refractivity contribution is 0.0849. The van der Waals surface area contributed by atoms with Crippen molar-refractivity contribution >= 4 is 33.1 Å². The van der Waals surface area contributed by atoms with Gasteiger partial charge >= 0.3 is 0 Å². The molecule has 0 unspecified atom stereocenters. The molecular weight excluding hydrogens is 350 g/mol. The lowest BCUT2D eigenvalue weighted by Gasteiger charge is -2.10. The number of nitrogens with zero attached hydrogens (tertiary/aromatic N) is 4. The Kier molecular flexibility index (Phi) is 3.90. The highest BCUT2D eigenvalue weighted by Gasteiger charge is 2.24. The number of hydrogen-bond donors (Lipinski definition) is 1. The number of aromatic nitrogens is 4. The molecule has 1 amide bonds. The molecule has 0 bridgehead atoms. The van der Waals surface area contributed by atoms with Crippen molar-refractivity contribution in [3.05, 3.63) is 22.1 Å². The number of amides is 1. The van der Waals surface area contributed by atoms with Gasteiger partial charge < -0.3 is 10.1 Å². The van der Waals surface area contributed by atoms with Crippen LogP contribution >= 0.6 is 11.3 Å². The van der Waals surface area contributed by atoms with Crippen LogP contribution in [0.1, 0.15) is 52.6 Å². The second kappa shape index (κ2) is 6.28. The summed E-state index contributed by atoms with van der Waals surface area (Å²) in [7, 11) is 0. The minimum absolute atomic E-state index is 0.106. The lowest BCUT2D eigenvalue weighted by atomic mass is 9.97. The lowest BCUT2D eigenvalue weighted by Crippen LogP contribution is -2.32. The van der Waals surface area contributed by atoms with Crippen LogP contribution in [0.25, 0.3) is 15.9 Å². The van der Waals surface area contributed by atoms with E-state index in [9.17, 15) is 4.79 Å².